The van der Waals surface area contributed by atoms with Crippen LogP contribution in [-0.4, -0.2) is 37.8 Å². The average molecular weight is 340 g/mol. The van der Waals surface area contributed by atoms with Gasteiger partial charge in [-0.15, -0.1) is 0 Å². The molecule has 132 valence electrons. The molecule has 1 aliphatic rings. The van der Waals surface area contributed by atoms with Crippen LogP contribution in [0.2, 0.25) is 0 Å². The number of furan rings is 1. The summed E-state index contributed by atoms with van der Waals surface area (Å²) in [6.45, 7) is 4.28. The zero-order valence-corrected chi connectivity index (χ0v) is 14.5. The minimum absolute atomic E-state index is 0. The average Bonchev–Trinajstić information content (AvgIpc) is 3.38. The van der Waals surface area contributed by atoms with Gasteiger partial charge in [-0.3, -0.25) is 4.79 Å². The molecule has 3 aromatic rings. The number of hydrogen-bond donors (Lipinski definition) is 1. The molecule has 0 aliphatic carbocycles. The fraction of sp³-hybridized carbons (Fsp3) is 0.421. The molecule has 1 amide bonds. The topological polar surface area (TPSA) is 75.0 Å². The van der Waals surface area contributed by atoms with Crippen LogP contribution in [0.5, 0.6) is 0 Å². The lowest BCUT2D eigenvalue weighted by atomic mass is 10.1. The van der Waals surface area contributed by atoms with Crippen molar-refractivity contribution in [3.8, 4) is 11.3 Å². The Hall–Kier alpha value is -2.63. The Kier molecular flexibility index (Phi) is 4.03. The second-order valence-corrected chi connectivity index (χ2v) is 6.58. The molecule has 0 radical (unpaired) electrons. The second kappa shape index (κ2) is 6.35. The van der Waals surface area contributed by atoms with Crippen LogP contribution in [0, 0.1) is 0 Å². The molecule has 1 saturated heterocycles. The summed E-state index contributed by atoms with van der Waals surface area (Å²) in [7, 11) is 0. The van der Waals surface area contributed by atoms with Crippen LogP contribution in [0.15, 0.2) is 35.3 Å². The Morgan fingerprint density at radius 3 is 2.80 bits per heavy atom. The van der Waals surface area contributed by atoms with Gasteiger partial charge in [-0.1, -0.05) is 13.8 Å². The smallest absolute Gasteiger partial charge is 0.290 e. The fourth-order valence-corrected chi connectivity index (χ4v) is 3.90. The molecule has 2 atom stereocenters. The Bertz CT molecular complexity index is 892. The van der Waals surface area contributed by atoms with Gasteiger partial charge in [0.05, 0.1) is 5.69 Å². The summed E-state index contributed by atoms with van der Waals surface area (Å²) in [4.78, 5) is 26.7. The lowest BCUT2D eigenvalue weighted by molar-refractivity contribution is 0.0626. The number of nitrogens with zero attached hydrogens (tertiary/aromatic N) is 3. The molecule has 0 unspecified atom stereocenters. The predicted molar refractivity (Wildman–Crippen MR) is 97.3 cm³/mol. The summed E-state index contributed by atoms with van der Waals surface area (Å²) in [5.41, 5.74) is 2.35. The largest absolute Gasteiger partial charge is 0.458 e. The second-order valence-electron chi connectivity index (χ2n) is 6.58. The van der Waals surface area contributed by atoms with Gasteiger partial charge in [-0.25, -0.2) is 9.97 Å². The molecule has 1 aliphatic heterocycles. The summed E-state index contributed by atoms with van der Waals surface area (Å²) >= 11 is 0. The number of carbonyl (C=O) groups is 1. The number of aromatic nitrogens is 3. The van der Waals surface area contributed by atoms with Crippen molar-refractivity contribution in [2.24, 2.45) is 0 Å². The van der Waals surface area contributed by atoms with E-state index in [1.165, 1.54) is 6.33 Å². The highest BCUT2D eigenvalue weighted by Gasteiger charge is 2.36. The number of rotatable bonds is 4. The van der Waals surface area contributed by atoms with E-state index in [2.05, 4.69) is 28.8 Å². The molecular weight excluding hydrogens is 316 g/mol. The number of likely N-dealkylation sites (tertiary alicyclic amines) is 1. The number of fused-ring (bicyclic) bond motifs is 1. The summed E-state index contributed by atoms with van der Waals surface area (Å²) in [5, 5.41) is 0.918. The highest BCUT2D eigenvalue weighted by atomic mass is 16.3. The molecule has 0 aromatic carbocycles. The Morgan fingerprint density at radius 2 is 2.08 bits per heavy atom. The molecule has 3 aromatic heterocycles. The molecule has 1 N–H and O–H groups in total. The van der Waals surface area contributed by atoms with E-state index in [-0.39, 0.29) is 7.33 Å². The molecule has 1 fully saturated rings. The SMILES string of the molecule is CC[C@@H]1CC[C@@H](CC)N1C(=O)c1cc(-c2ncnc3[nH]ccc23)co1.[HH]. The molecule has 0 saturated carbocycles. The minimum atomic E-state index is -0.0122. The monoisotopic (exact) mass is 340 g/mol. The molecule has 6 heteroatoms. The summed E-state index contributed by atoms with van der Waals surface area (Å²) in [6.07, 6.45) is 9.06. The Balaban J connectivity index is 0.00000196. The number of carbonyl (C=O) groups excluding carboxylic acids is 1. The van der Waals surface area contributed by atoms with Crippen molar-refractivity contribution in [2.75, 3.05) is 0 Å². The van der Waals surface area contributed by atoms with Gasteiger partial charge in [-0.05, 0) is 37.8 Å². The van der Waals surface area contributed by atoms with E-state index in [1.54, 1.807) is 12.3 Å². The first-order valence-electron chi connectivity index (χ1n) is 8.92. The van der Waals surface area contributed by atoms with Crippen LogP contribution in [0.1, 0.15) is 51.5 Å². The summed E-state index contributed by atoms with van der Waals surface area (Å²) in [6, 6.07) is 4.34. The maximum absolute atomic E-state index is 13.0. The normalized spacial score (nSPS) is 20.5. The third kappa shape index (κ3) is 2.62. The van der Waals surface area contributed by atoms with Gasteiger partial charge < -0.3 is 14.3 Å². The number of amides is 1. The van der Waals surface area contributed by atoms with Crippen molar-refractivity contribution in [2.45, 2.75) is 51.6 Å². The highest BCUT2D eigenvalue weighted by Crippen LogP contribution is 2.32. The van der Waals surface area contributed by atoms with Crippen LogP contribution in [0.3, 0.4) is 0 Å². The lowest BCUT2D eigenvalue weighted by Crippen LogP contribution is -2.40. The van der Waals surface area contributed by atoms with Gasteiger partial charge >= 0.3 is 0 Å². The zero-order valence-electron chi connectivity index (χ0n) is 14.5. The Labute approximate surface area is 147 Å². The maximum atomic E-state index is 13.0. The van der Waals surface area contributed by atoms with Crippen molar-refractivity contribution >= 4 is 16.9 Å². The Morgan fingerprint density at radius 1 is 1.32 bits per heavy atom. The molecule has 0 spiro atoms. The molecule has 25 heavy (non-hydrogen) atoms. The van der Waals surface area contributed by atoms with Crippen molar-refractivity contribution in [3.63, 3.8) is 0 Å². The van der Waals surface area contributed by atoms with Gasteiger partial charge in [-0.2, -0.15) is 0 Å². The number of H-pyrrole nitrogens is 1. The first-order chi connectivity index (χ1) is 12.2. The lowest BCUT2D eigenvalue weighted by Gasteiger charge is -2.28. The molecule has 4 rings (SSSR count). The van der Waals surface area contributed by atoms with Crippen LogP contribution >= 0.6 is 0 Å². The van der Waals surface area contributed by atoms with Gasteiger partial charge in [0, 0.05) is 30.7 Å². The fourth-order valence-electron chi connectivity index (χ4n) is 3.90. The van der Waals surface area contributed by atoms with Gasteiger partial charge in [0.2, 0.25) is 0 Å². The number of aromatic amines is 1. The van der Waals surface area contributed by atoms with Crippen LogP contribution in [0.4, 0.5) is 0 Å². The zero-order chi connectivity index (χ0) is 17.4. The van der Waals surface area contributed by atoms with Crippen LogP contribution in [0.25, 0.3) is 22.3 Å². The number of nitrogens with one attached hydrogen (secondary N) is 1. The predicted octanol–water partition coefficient (Wildman–Crippen LogP) is 4.26. The van der Waals surface area contributed by atoms with Crippen LogP contribution in [-0.2, 0) is 0 Å². The van der Waals surface area contributed by atoms with Crippen molar-refractivity contribution in [1.82, 2.24) is 19.9 Å². The molecule has 6 nitrogen and oxygen atoms in total. The van der Waals surface area contributed by atoms with Crippen LogP contribution < -0.4 is 0 Å². The summed E-state index contributed by atoms with van der Waals surface area (Å²) < 4.78 is 5.64. The van der Waals surface area contributed by atoms with E-state index in [0.29, 0.717) is 17.8 Å². The summed E-state index contributed by atoms with van der Waals surface area (Å²) in [5.74, 6) is 0.373. The van der Waals surface area contributed by atoms with E-state index in [0.717, 1.165) is 48.0 Å². The van der Waals surface area contributed by atoms with E-state index < -0.39 is 0 Å². The highest BCUT2D eigenvalue weighted by molar-refractivity contribution is 5.95. The third-order valence-electron chi connectivity index (χ3n) is 5.23. The quantitative estimate of drug-likeness (QED) is 0.770. The standard InChI is InChI=1S/C19H22N4O2.H2/c1-3-13-5-6-14(4-2)23(13)19(24)16-9-12(10-25-16)17-15-7-8-20-18(15)22-11-21-17;/h7-11,13-14H,3-6H2,1-2H3,(H,20,21,22);1H/t13-,14-;/m1./s1. The van der Waals surface area contributed by atoms with Gasteiger partial charge in [0.1, 0.15) is 18.2 Å². The van der Waals surface area contributed by atoms with E-state index >= 15 is 0 Å². The third-order valence-corrected chi connectivity index (χ3v) is 5.23. The van der Waals surface area contributed by atoms with E-state index in [9.17, 15) is 4.79 Å². The maximum Gasteiger partial charge on any atom is 0.290 e. The van der Waals surface area contributed by atoms with Crippen molar-refractivity contribution < 1.29 is 10.6 Å². The molecule has 4 heterocycles. The first-order valence-corrected chi connectivity index (χ1v) is 8.92. The van der Waals surface area contributed by atoms with E-state index in [1.807, 2.05) is 17.2 Å². The van der Waals surface area contributed by atoms with E-state index in [4.69, 9.17) is 4.42 Å². The van der Waals surface area contributed by atoms with Crippen molar-refractivity contribution in [3.05, 3.63) is 36.7 Å². The van der Waals surface area contributed by atoms with Gasteiger partial charge in [0.15, 0.2) is 5.76 Å². The van der Waals surface area contributed by atoms with Gasteiger partial charge in [0.25, 0.3) is 5.91 Å². The molecule has 0 bridgehead atoms. The van der Waals surface area contributed by atoms with Crippen molar-refractivity contribution in [1.29, 1.82) is 0 Å². The minimum Gasteiger partial charge on any atom is -0.458 e. The first kappa shape index (κ1) is 15.9. The molecular formula is C19H24N4O2. The number of hydrogen-bond acceptors (Lipinski definition) is 4.